The minimum absolute atomic E-state index is 0.209. The van der Waals surface area contributed by atoms with Gasteiger partial charge in [-0.3, -0.25) is 0 Å². The lowest BCUT2D eigenvalue weighted by Gasteiger charge is -2.22. The van der Waals surface area contributed by atoms with E-state index >= 15 is 0 Å². The minimum atomic E-state index is -3.55. The molecule has 0 bridgehead atoms. The summed E-state index contributed by atoms with van der Waals surface area (Å²) in [4.78, 5) is 0.391. The molecular formula is C15H26N2O2S. The van der Waals surface area contributed by atoms with Crippen LogP contribution < -0.4 is 10.5 Å². The molecular weight excluding hydrogens is 272 g/mol. The Morgan fingerprint density at radius 2 is 1.25 bits per heavy atom. The fraction of sp³-hybridized carbons (Fsp3) is 0.600. The van der Waals surface area contributed by atoms with Crippen LogP contribution in [0.5, 0.6) is 0 Å². The molecule has 0 amide bonds. The van der Waals surface area contributed by atoms with Crippen LogP contribution in [0.25, 0.3) is 0 Å². The Morgan fingerprint density at radius 3 is 1.60 bits per heavy atom. The number of sulfonamides is 1. The zero-order chi connectivity index (χ0) is 15.9. The summed E-state index contributed by atoms with van der Waals surface area (Å²) in [5, 5.41) is 0. The number of benzene rings is 1. The fourth-order valence-electron chi connectivity index (χ4n) is 2.22. The van der Waals surface area contributed by atoms with E-state index in [2.05, 4.69) is 4.72 Å². The molecule has 1 rings (SSSR count). The van der Waals surface area contributed by atoms with Gasteiger partial charge in [-0.1, -0.05) is 0 Å². The molecule has 1 aromatic rings. The first-order valence-corrected chi connectivity index (χ1v) is 8.22. The molecule has 0 aliphatic carbocycles. The van der Waals surface area contributed by atoms with Crippen LogP contribution in [-0.4, -0.2) is 20.5 Å². The average molecular weight is 298 g/mol. The van der Waals surface area contributed by atoms with Gasteiger partial charge in [-0.15, -0.1) is 0 Å². The van der Waals surface area contributed by atoms with Gasteiger partial charge in [-0.2, -0.15) is 0 Å². The van der Waals surface area contributed by atoms with E-state index in [0.717, 1.165) is 27.8 Å². The molecule has 0 atom stereocenters. The first kappa shape index (κ1) is 17.1. The number of nitrogens with two attached hydrogens (primary N) is 1. The van der Waals surface area contributed by atoms with Crippen molar-refractivity contribution in [1.29, 1.82) is 0 Å². The van der Waals surface area contributed by atoms with E-state index in [9.17, 15) is 8.42 Å². The third-order valence-corrected chi connectivity index (χ3v) is 5.59. The number of rotatable bonds is 4. The molecule has 1 aromatic carbocycles. The SMILES string of the molecule is Cc1c(C)c(C)c(S(=O)(=O)NCC(C)(C)N)c(C)c1C. The van der Waals surface area contributed by atoms with Crippen LogP contribution >= 0.6 is 0 Å². The second-order valence-corrected chi connectivity index (χ2v) is 7.97. The summed E-state index contributed by atoms with van der Waals surface area (Å²) >= 11 is 0. The van der Waals surface area contributed by atoms with E-state index in [1.54, 1.807) is 13.8 Å². The van der Waals surface area contributed by atoms with Gasteiger partial charge in [-0.05, 0) is 76.3 Å². The quantitative estimate of drug-likeness (QED) is 0.895. The predicted octanol–water partition coefficient (Wildman–Crippen LogP) is 2.24. The predicted molar refractivity (Wildman–Crippen MR) is 83.6 cm³/mol. The molecule has 0 radical (unpaired) electrons. The zero-order valence-electron chi connectivity index (χ0n) is 13.5. The molecule has 114 valence electrons. The lowest BCUT2D eigenvalue weighted by atomic mass is 9.95. The Hall–Kier alpha value is -0.910. The van der Waals surface area contributed by atoms with E-state index in [0.29, 0.717) is 4.90 Å². The van der Waals surface area contributed by atoms with Crippen molar-refractivity contribution in [2.45, 2.75) is 58.9 Å². The molecule has 0 fully saturated rings. The molecule has 0 aliphatic heterocycles. The first-order valence-electron chi connectivity index (χ1n) is 6.74. The smallest absolute Gasteiger partial charge is 0.241 e. The van der Waals surface area contributed by atoms with E-state index in [4.69, 9.17) is 5.73 Å². The van der Waals surface area contributed by atoms with Gasteiger partial charge >= 0.3 is 0 Å². The molecule has 0 saturated carbocycles. The van der Waals surface area contributed by atoms with Crippen molar-refractivity contribution in [1.82, 2.24) is 4.72 Å². The maximum Gasteiger partial charge on any atom is 0.241 e. The van der Waals surface area contributed by atoms with Crippen molar-refractivity contribution in [2.75, 3.05) is 6.54 Å². The number of hydrogen-bond acceptors (Lipinski definition) is 3. The summed E-state index contributed by atoms with van der Waals surface area (Å²) in [6.45, 7) is 13.5. The number of nitrogens with one attached hydrogen (secondary N) is 1. The lowest BCUT2D eigenvalue weighted by molar-refractivity contribution is 0.497. The fourth-order valence-corrected chi connectivity index (χ4v) is 4.04. The Balaban J connectivity index is 3.40. The highest BCUT2D eigenvalue weighted by Crippen LogP contribution is 2.29. The van der Waals surface area contributed by atoms with Crippen molar-refractivity contribution in [3.63, 3.8) is 0 Å². The molecule has 0 spiro atoms. The van der Waals surface area contributed by atoms with E-state index in [1.807, 2.05) is 34.6 Å². The molecule has 0 saturated heterocycles. The van der Waals surface area contributed by atoms with Crippen molar-refractivity contribution in [3.05, 3.63) is 27.8 Å². The van der Waals surface area contributed by atoms with Gasteiger partial charge in [0.05, 0.1) is 4.90 Å². The molecule has 5 heteroatoms. The first-order chi connectivity index (χ1) is 8.88. The van der Waals surface area contributed by atoms with Crippen LogP contribution in [0.4, 0.5) is 0 Å². The summed E-state index contributed by atoms with van der Waals surface area (Å²) < 4.78 is 27.8. The van der Waals surface area contributed by atoms with Crippen LogP contribution in [0.15, 0.2) is 4.90 Å². The summed E-state index contributed by atoms with van der Waals surface area (Å²) in [5.41, 5.74) is 10.1. The third-order valence-electron chi connectivity index (χ3n) is 3.92. The Labute approximate surface area is 122 Å². The Kier molecular flexibility index (Phi) is 4.69. The van der Waals surface area contributed by atoms with Crippen LogP contribution in [0.3, 0.4) is 0 Å². The lowest BCUT2D eigenvalue weighted by Crippen LogP contribution is -2.45. The summed E-state index contributed by atoms with van der Waals surface area (Å²) in [6.07, 6.45) is 0. The Morgan fingerprint density at radius 1 is 0.900 bits per heavy atom. The van der Waals surface area contributed by atoms with Crippen molar-refractivity contribution >= 4 is 10.0 Å². The molecule has 20 heavy (non-hydrogen) atoms. The maximum absolute atomic E-state index is 12.6. The standard InChI is InChI=1S/C15H26N2O2S/c1-9-10(2)12(4)14(13(5)11(9)3)20(18,19)17-8-15(6,7)16/h17H,8,16H2,1-7H3. The van der Waals surface area contributed by atoms with Crippen LogP contribution in [0.1, 0.15) is 41.7 Å². The highest BCUT2D eigenvalue weighted by atomic mass is 32.2. The highest BCUT2D eigenvalue weighted by Gasteiger charge is 2.25. The van der Waals surface area contributed by atoms with Crippen LogP contribution in [0, 0.1) is 34.6 Å². The van der Waals surface area contributed by atoms with Gasteiger partial charge in [0.1, 0.15) is 0 Å². The molecule has 4 nitrogen and oxygen atoms in total. The van der Waals surface area contributed by atoms with Gasteiger partial charge in [0, 0.05) is 12.1 Å². The largest absolute Gasteiger partial charge is 0.324 e. The molecule has 0 unspecified atom stereocenters. The monoisotopic (exact) mass is 298 g/mol. The molecule has 0 aromatic heterocycles. The van der Waals surface area contributed by atoms with Crippen LogP contribution in [0.2, 0.25) is 0 Å². The van der Waals surface area contributed by atoms with Crippen molar-refractivity contribution < 1.29 is 8.42 Å². The van der Waals surface area contributed by atoms with E-state index in [1.165, 1.54) is 0 Å². The third kappa shape index (κ3) is 3.40. The molecule has 3 N–H and O–H groups in total. The molecule has 0 heterocycles. The normalized spacial score (nSPS) is 12.8. The minimum Gasteiger partial charge on any atom is -0.324 e. The topological polar surface area (TPSA) is 72.2 Å². The van der Waals surface area contributed by atoms with Crippen molar-refractivity contribution in [2.24, 2.45) is 5.73 Å². The Bertz CT molecular complexity index is 597. The second-order valence-electron chi connectivity index (χ2n) is 6.27. The second kappa shape index (κ2) is 5.47. The highest BCUT2D eigenvalue weighted by molar-refractivity contribution is 7.89. The van der Waals surface area contributed by atoms with Crippen LogP contribution in [-0.2, 0) is 10.0 Å². The average Bonchev–Trinajstić information content (AvgIpc) is 2.31. The summed E-state index contributed by atoms with van der Waals surface area (Å²) in [5.74, 6) is 0. The van der Waals surface area contributed by atoms with Gasteiger partial charge in [0.15, 0.2) is 0 Å². The van der Waals surface area contributed by atoms with E-state index in [-0.39, 0.29) is 6.54 Å². The molecule has 0 aliphatic rings. The summed E-state index contributed by atoms with van der Waals surface area (Å²) in [7, 11) is -3.55. The van der Waals surface area contributed by atoms with Gasteiger partial charge in [0.2, 0.25) is 10.0 Å². The number of hydrogen-bond donors (Lipinski definition) is 2. The zero-order valence-corrected chi connectivity index (χ0v) is 14.3. The van der Waals surface area contributed by atoms with Gasteiger partial charge in [0.25, 0.3) is 0 Å². The van der Waals surface area contributed by atoms with E-state index < -0.39 is 15.6 Å². The maximum atomic E-state index is 12.6. The van der Waals surface area contributed by atoms with Gasteiger partial charge < -0.3 is 5.73 Å². The van der Waals surface area contributed by atoms with Crippen molar-refractivity contribution in [3.8, 4) is 0 Å². The summed E-state index contributed by atoms with van der Waals surface area (Å²) in [6, 6.07) is 0. The van der Waals surface area contributed by atoms with Gasteiger partial charge in [-0.25, -0.2) is 13.1 Å².